The minimum absolute atomic E-state index is 0.0898. The molecule has 0 aliphatic heterocycles. The molecule has 0 spiro atoms. The number of hydrogen-bond donors (Lipinski definition) is 2. The lowest BCUT2D eigenvalue weighted by atomic mass is 10.2. The number of sulfonamides is 1. The number of nitrogens with zero attached hydrogens (tertiary/aromatic N) is 1. The average Bonchev–Trinajstić information content (AvgIpc) is 2.70. The normalized spacial score (nSPS) is 11.4. The third-order valence-electron chi connectivity index (χ3n) is 4.42. The van der Waals surface area contributed by atoms with Gasteiger partial charge in [-0.15, -0.1) is 0 Å². The van der Waals surface area contributed by atoms with Gasteiger partial charge in [-0.25, -0.2) is 8.42 Å². The van der Waals surface area contributed by atoms with Crippen molar-refractivity contribution >= 4 is 50.7 Å². The number of benzene rings is 2. The fourth-order valence-electron chi connectivity index (χ4n) is 2.70. The number of rotatable bonds is 8. The van der Waals surface area contributed by atoms with Crippen molar-refractivity contribution in [3.63, 3.8) is 0 Å². The number of hydrogen-bond acceptors (Lipinski definition) is 4. The van der Waals surface area contributed by atoms with Gasteiger partial charge >= 0.3 is 0 Å². The van der Waals surface area contributed by atoms with Crippen LogP contribution in [0.1, 0.15) is 29.8 Å². The van der Waals surface area contributed by atoms with Crippen LogP contribution in [-0.2, 0) is 14.8 Å². The third kappa shape index (κ3) is 5.72. The van der Waals surface area contributed by atoms with Crippen molar-refractivity contribution in [3.05, 3.63) is 57.6 Å². The maximum absolute atomic E-state index is 12.7. The van der Waals surface area contributed by atoms with E-state index in [-0.39, 0.29) is 22.0 Å². The molecule has 0 heterocycles. The summed E-state index contributed by atoms with van der Waals surface area (Å²) in [5.41, 5.74) is 1.32. The van der Waals surface area contributed by atoms with Gasteiger partial charge in [-0.1, -0.05) is 43.1 Å². The Labute approximate surface area is 186 Å². The van der Waals surface area contributed by atoms with Gasteiger partial charge in [-0.2, -0.15) is 4.31 Å². The summed E-state index contributed by atoms with van der Waals surface area (Å²) in [6.45, 7) is 5.65. The van der Waals surface area contributed by atoms with Crippen molar-refractivity contribution in [3.8, 4) is 0 Å². The summed E-state index contributed by atoms with van der Waals surface area (Å²) >= 11 is 11.7. The van der Waals surface area contributed by atoms with Crippen molar-refractivity contribution in [1.29, 1.82) is 0 Å². The number of halogens is 2. The van der Waals surface area contributed by atoms with E-state index in [2.05, 4.69) is 10.6 Å². The van der Waals surface area contributed by atoms with Gasteiger partial charge in [0.05, 0.1) is 21.5 Å². The van der Waals surface area contributed by atoms with Crippen molar-refractivity contribution in [1.82, 2.24) is 9.62 Å². The molecule has 0 bridgehead atoms. The Morgan fingerprint density at radius 2 is 1.67 bits per heavy atom. The van der Waals surface area contributed by atoms with Gasteiger partial charge in [0, 0.05) is 24.3 Å². The topological polar surface area (TPSA) is 95.6 Å². The standard InChI is InChI=1S/C20H23Cl2N3O4S/c1-4-25(5-2)30(28,29)15-8-6-13(3)18(11-15)24-19(26)12-23-20(27)14-7-9-16(21)17(22)10-14/h6-11H,4-5,12H2,1-3H3,(H,23,27)(H,24,26). The predicted molar refractivity (Wildman–Crippen MR) is 119 cm³/mol. The smallest absolute Gasteiger partial charge is 0.251 e. The van der Waals surface area contributed by atoms with Crippen LogP contribution in [0.25, 0.3) is 0 Å². The van der Waals surface area contributed by atoms with E-state index in [0.29, 0.717) is 29.4 Å². The second kappa shape index (κ2) is 10.3. The molecule has 0 aromatic heterocycles. The minimum atomic E-state index is -3.66. The lowest BCUT2D eigenvalue weighted by Crippen LogP contribution is -2.33. The molecule has 0 unspecified atom stereocenters. The SMILES string of the molecule is CCN(CC)S(=O)(=O)c1ccc(C)c(NC(=O)CNC(=O)c2ccc(Cl)c(Cl)c2)c1. The molecular weight excluding hydrogens is 449 g/mol. The van der Waals surface area contributed by atoms with E-state index < -0.39 is 21.8 Å². The second-order valence-electron chi connectivity index (χ2n) is 6.43. The van der Waals surface area contributed by atoms with E-state index in [9.17, 15) is 18.0 Å². The van der Waals surface area contributed by atoms with Crippen LogP contribution in [0.3, 0.4) is 0 Å². The maximum Gasteiger partial charge on any atom is 0.251 e. The molecule has 162 valence electrons. The zero-order valence-corrected chi connectivity index (χ0v) is 19.2. The molecule has 0 atom stereocenters. The van der Waals surface area contributed by atoms with Crippen molar-refractivity contribution in [2.45, 2.75) is 25.7 Å². The van der Waals surface area contributed by atoms with Crippen LogP contribution < -0.4 is 10.6 Å². The van der Waals surface area contributed by atoms with Crippen molar-refractivity contribution in [2.75, 3.05) is 25.0 Å². The van der Waals surface area contributed by atoms with Crippen LogP contribution in [0.2, 0.25) is 10.0 Å². The Morgan fingerprint density at radius 3 is 2.27 bits per heavy atom. The highest BCUT2D eigenvalue weighted by molar-refractivity contribution is 7.89. The summed E-state index contributed by atoms with van der Waals surface area (Å²) in [5.74, 6) is -0.984. The van der Waals surface area contributed by atoms with Crippen LogP contribution in [0.4, 0.5) is 5.69 Å². The van der Waals surface area contributed by atoms with Crippen LogP contribution in [0, 0.1) is 6.92 Å². The first-order valence-electron chi connectivity index (χ1n) is 9.24. The molecule has 0 aliphatic carbocycles. The zero-order valence-electron chi connectivity index (χ0n) is 16.8. The Balaban J connectivity index is 2.09. The van der Waals surface area contributed by atoms with Crippen LogP contribution in [0.15, 0.2) is 41.3 Å². The molecule has 30 heavy (non-hydrogen) atoms. The zero-order chi connectivity index (χ0) is 22.5. The lowest BCUT2D eigenvalue weighted by molar-refractivity contribution is -0.115. The van der Waals surface area contributed by atoms with Gasteiger partial charge in [0.15, 0.2) is 0 Å². The molecule has 2 rings (SSSR count). The fourth-order valence-corrected chi connectivity index (χ4v) is 4.49. The Morgan fingerprint density at radius 1 is 1.00 bits per heavy atom. The van der Waals surface area contributed by atoms with Gasteiger partial charge < -0.3 is 10.6 Å². The Hall–Kier alpha value is -2.13. The van der Waals surface area contributed by atoms with Crippen LogP contribution in [0.5, 0.6) is 0 Å². The number of carbonyl (C=O) groups is 2. The molecule has 2 aromatic rings. The maximum atomic E-state index is 12.7. The fraction of sp³-hybridized carbons (Fsp3) is 0.300. The Bertz CT molecular complexity index is 1050. The van der Waals surface area contributed by atoms with Gasteiger partial charge in [-0.05, 0) is 42.8 Å². The van der Waals surface area contributed by atoms with Crippen LogP contribution >= 0.6 is 23.2 Å². The monoisotopic (exact) mass is 471 g/mol. The van der Waals surface area contributed by atoms with E-state index in [0.717, 1.165) is 0 Å². The van der Waals surface area contributed by atoms with Crippen molar-refractivity contribution in [2.24, 2.45) is 0 Å². The van der Waals surface area contributed by atoms with E-state index in [1.807, 2.05) is 0 Å². The summed E-state index contributed by atoms with van der Waals surface area (Å²) in [6.07, 6.45) is 0. The van der Waals surface area contributed by atoms with E-state index in [4.69, 9.17) is 23.2 Å². The summed E-state index contributed by atoms with van der Waals surface area (Å²) in [4.78, 5) is 24.6. The molecular formula is C20H23Cl2N3O4S. The largest absolute Gasteiger partial charge is 0.343 e. The molecule has 2 amide bonds. The number of nitrogens with one attached hydrogen (secondary N) is 2. The molecule has 10 heteroatoms. The van der Waals surface area contributed by atoms with Crippen LogP contribution in [-0.4, -0.2) is 44.2 Å². The molecule has 2 N–H and O–H groups in total. The Kier molecular flexibility index (Phi) is 8.25. The number of anilines is 1. The van der Waals surface area contributed by atoms with Gasteiger partial charge in [0.2, 0.25) is 15.9 Å². The molecule has 0 radical (unpaired) electrons. The number of carbonyl (C=O) groups excluding carboxylic acids is 2. The second-order valence-corrected chi connectivity index (χ2v) is 9.18. The summed E-state index contributed by atoms with van der Waals surface area (Å²) < 4.78 is 26.7. The minimum Gasteiger partial charge on any atom is -0.343 e. The molecule has 0 saturated carbocycles. The van der Waals surface area contributed by atoms with E-state index in [1.54, 1.807) is 26.8 Å². The third-order valence-corrected chi connectivity index (χ3v) is 7.20. The quantitative estimate of drug-likeness (QED) is 0.613. The lowest BCUT2D eigenvalue weighted by Gasteiger charge is -2.19. The highest BCUT2D eigenvalue weighted by Gasteiger charge is 2.22. The molecule has 7 nitrogen and oxygen atoms in total. The molecule has 0 saturated heterocycles. The predicted octanol–water partition coefficient (Wildman–Crippen LogP) is 3.70. The molecule has 2 aromatic carbocycles. The molecule has 0 aliphatic rings. The van der Waals surface area contributed by atoms with Gasteiger partial charge in [0.25, 0.3) is 5.91 Å². The van der Waals surface area contributed by atoms with E-state index >= 15 is 0 Å². The average molecular weight is 472 g/mol. The number of aryl methyl sites for hydroxylation is 1. The van der Waals surface area contributed by atoms with Gasteiger partial charge in [0.1, 0.15) is 0 Å². The highest BCUT2D eigenvalue weighted by Crippen LogP contribution is 2.24. The summed E-state index contributed by atoms with van der Waals surface area (Å²) in [6, 6.07) is 8.94. The summed E-state index contributed by atoms with van der Waals surface area (Å²) in [5, 5.41) is 5.68. The number of amides is 2. The first kappa shape index (κ1) is 24.1. The first-order chi connectivity index (χ1) is 14.1. The first-order valence-corrected chi connectivity index (χ1v) is 11.4. The van der Waals surface area contributed by atoms with Crippen molar-refractivity contribution < 1.29 is 18.0 Å². The molecule has 0 fully saturated rings. The summed E-state index contributed by atoms with van der Waals surface area (Å²) in [7, 11) is -3.66. The van der Waals surface area contributed by atoms with Gasteiger partial charge in [-0.3, -0.25) is 9.59 Å². The van der Waals surface area contributed by atoms with E-state index in [1.165, 1.54) is 34.6 Å². The highest BCUT2D eigenvalue weighted by atomic mass is 35.5.